The van der Waals surface area contributed by atoms with E-state index in [-0.39, 0.29) is 18.2 Å². The van der Waals surface area contributed by atoms with Gasteiger partial charge in [-0.1, -0.05) is 30.3 Å². The second-order valence-electron chi connectivity index (χ2n) is 6.96. The molecule has 0 saturated carbocycles. The van der Waals surface area contributed by atoms with Crippen LogP contribution < -0.4 is 4.90 Å². The molecule has 0 saturated heterocycles. The minimum absolute atomic E-state index is 0.0229. The van der Waals surface area contributed by atoms with Gasteiger partial charge in [0.05, 0.1) is 12.3 Å². The molecule has 1 aliphatic heterocycles. The zero-order valence-electron chi connectivity index (χ0n) is 16.6. The molecule has 3 rings (SSSR count). The van der Waals surface area contributed by atoms with Crippen molar-refractivity contribution in [1.82, 2.24) is 14.3 Å². The fourth-order valence-corrected chi connectivity index (χ4v) is 4.10. The Kier molecular flexibility index (Phi) is 6.10. The molecule has 0 bridgehead atoms. The molecule has 1 aromatic heterocycles. The van der Waals surface area contributed by atoms with E-state index in [1.165, 1.54) is 11.4 Å². The number of carbonyl (C=O) groups excluding carboxylic acids is 1. The molecule has 1 aromatic carbocycles. The van der Waals surface area contributed by atoms with Crippen LogP contribution in [0.3, 0.4) is 0 Å². The fourth-order valence-electron chi connectivity index (χ4n) is 3.34. The molecular weight excluding hydrogens is 376 g/mol. The Bertz CT molecular complexity index is 961. The van der Waals surface area contributed by atoms with Gasteiger partial charge in [0, 0.05) is 31.3 Å². The number of sulfonamides is 1. The minimum atomic E-state index is -3.33. The van der Waals surface area contributed by atoms with Crippen LogP contribution in [0.5, 0.6) is 0 Å². The van der Waals surface area contributed by atoms with Crippen LogP contribution in [0.25, 0.3) is 0 Å². The zero-order valence-corrected chi connectivity index (χ0v) is 17.4. The third kappa shape index (κ3) is 4.39. The summed E-state index contributed by atoms with van der Waals surface area (Å²) < 4.78 is 25.4. The molecular formula is C20H26N4O3S. The summed E-state index contributed by atoms with van der Waals surface area (Å²) in [6.07, 6.45) is 1.79. The molecule has 0 aliphatic carbocycles. The number of fused-ring (bicyclic) bond motifs is 1. The predicted molar refractivity (Wildman–Crippen MR) is 109 cm³/mol. The van der Waals surface area contributed by atoms with E-state index >= 15 is 0 Å². The first-order valence-electron chi connectivity index (χ1n) is 9.46. The van der Waals surface area contributed by atoms with E-state index in [0.717, 1.165) is 23.2 Å². The second-order valence-corrected chi connectivity index (χ2v) is 9.33. The van der Waals surface area contributed by atoms with Crippen LogP contribution in [0.15, 0.2) is 30.3 Å². The minimum Gasteiger partial charge on any atom is -0.296 e. The summed E-state index contributed by atoms with van der Waals surface area (Å²) in [6.45, 7) is 4.12. The summed E-state index contributed by atoms with van der Waals surface area (Å²) in [5.41, 5.74) is 2.93. The van der Waals surface area contributed by atoms with Gasteiger partial charge in [0.2, 0.25) is 15.9 Å². The predicted octanol–water partition coefficient (Wildman–Crippen LogP) is 2.09. The van der Waals surface area contributed by atoms with E-state index in [4.69, 9.17) is 0 Å². The Hall–Kier alpha value is -2.32. The normalized spacial score (nSPS) is 14.4. The van der Waals surface area contributed by atoms with E-state index in [0.29, 0.717) is 31.0 Å². The first-order chi connectivity index (χ1) is 13.3. The maximum absolute atomic E-state index is 12.6. The lowest BCUT2D eigenvalue weighted by Gasteiger charge is -2.29. The highest BCUT2D eigenvalue weighted by Gasteiger charge is 2.28. The number of anilines is 1. The molecule has 0 N–H and O–H groups in total. The number of amides is 1. The zero-order chi connectivity index (χ0) is 20.3. The Morgan fingerprint density at radius 1 is 1.14 bits per heavy atom. The molecule has 150 valence electrons. The molecule has 0 fully saturated rings. The van der Waals surface area contributed by atoms with Gasteiger partial charge in [-0.05, 0) is 32.3 Å². The molecule has 0 atom stereocenters. The first kappa shape index (κ1) is 20.4. The second kappa shape index (κ2) is 8.36. The third-order valence-electron chi connectivity index (χ3n) is 5.05. The van der Waals surface area contributed by atoms with Crippen molar-refractivity contribution in [2.45, 2.75) is 39.7 Å². The highest BCUT2D eigenvalue weighted by atomic mass is 32.2. The Morgan fingerprint density at radius 3 is 2.54 bits per heavy atom. The number of nitrogens with zero attached hydrogens (tertiary/aromatic N) is 4. The number of rotatable bonds is 7. The number of benzene rings is 1. The van der Waals surface area contributed by atoms with Crippen LogP contribution in [0, 0.1) is 6.92 Å². The van der Waals surface area contributed by atoms with Crippen LogP contribution in [-0.2, 0) is 34.2 Å². The topological polar surface area (TPSA) is 83.5 Å². The monoisotopic (exact) mass is 402 g/mol. The first-order valence-corrected chi connectivity index (χ1v) is 11.1. The van der Waals surface area contributed by atoms with Crippen LogP contribution >= 0.6 is 0 Å². The molecule has 1 amide bonds. The van der Waals surface area contributed by atoms with E-state index in [1.807, 2.05) is 37.3 Å². The summed E-state index contributed by atoms with van der Waals surface area (Å²) in [6, 6.07) is 10.0. The van der Waals surface area contributed by atoms with Crippen molar-refractivity contribution < 1.29 is 13.2 Å². The van der Waals surface area contributed by atoms with Crippen LogP contribution in [-0.4, -0.2) is 47.9 Å². The number of carbonyl (C=O) groups is 1. The van der Waals surface area contributed by atoms with Gasteiger partial charge < -0.3 is 0 Å². The maximum Gasteiger partial charge on any atom is 0.228 e. The molecule has 7 nitrogen and oxygen atoms in total. The van der Waals surface area contributed by atoms with Gasteiger partial charge in [-0.15, -0.1) is 0 Å². The fraction of sp³-hybridized carbons (Fsp3) is 0.450. The van der Waals surface area contributed by atoms with Crippen molar-refractivity contribution in [3.05, 3.63) is 53.0 Å². The molecule has 28 heavy (non-hydrogen) atoms. The van der Waals surface area contributed by atoms with Crippen molar-refractivity contribution in [2.75, 3.05) is 24.2 Å². The highest BCUT2D eigenvalue weighted by Crippen LogP contribution is 2.28. The van der Waals surface area contributed by atoms with Crippen molar-refractivity contribution >= 4 is 21.7 Å². The lowest BCUT2D eigenvalue weighted by atomic mass is 10.0. The van der Waals surface area contributed by atoms with Gasteiger partial charge in [0.15, 0.2) is 0 Å². The average Bonchev–Trinajstić information content (AvgIpc) is 2.68. The van der Waals surface area contributed by atoms with Crippen molar-refractivity contribution in [2.24, 2.45) is 0 Å². The number of hydrogen-bond acceptors (Lipinski definition) is 5. The van der Waals surface area contributed by atoms with E-state index < -0.39 is 10.0 Å². The largest absolute Gasteiger partial charge is 0.296 e. The lowest BCUT2D eigenvalue weighted by molar-refractivity contribution is -0.118. The average molecular weight is 403 g/mol. The summed E-state index contributed by atoms with van der Waals surface area (Å²) in [5, 5.41) is 0. The Morgan fingerprint density at radius 2 is 1.86 bits per heavy atom. The van der Waals surface area contributed by atoms with Gasteiger partial charge in [-0.3, -0.25) is 9.69 Å². The van der Waals surface area contributed by atoms with Gasteiger partial charge in [0.25, 0.3) is 0 Å². The number of aryl methyl sites for hydroxylation is 1. The molecule has 8 heteroatoms. The van der Waals surface area contributed by atoms with E-state index in [1.54, 1.807) is 11.8 Å². The smallest absolute Gasteiger partial charge is 0.228 e. The highest BCUT2D eigenvalue weighted by molar-refractivity contribution is 7.89. The Balaban J connectivity index is 1.88. The van der Waals surface area contributed by atoms with Gasteiger partial charge >= 0.3 is 0 Å². The number of hydrogen-bond donors (Lipinski definition) is 0. The van der Waals surface area contributed by atoms with Crippen LogP contribution in [0.1, 0.15) is 36.0 Å². The molecule has 0 spiro atoms. The molecule has 2 heterocycles. The van der Waals surface area contributed by atoms with Gasteiger partial charge in [-0.25, -0.2) is 18.4 Å². The van der Waals surface area contributed by atoms with Crippen LogP contribution in [0.2, 0.25) is 0 Å². The summed E-state index contributed by atoms with van der Waals surface area (Å²) in [4.78, 5) is 23.4. The molecule has 0 unspecified atom stereocenters. The number of aromatic nitrogens is 2. The van der Waals surface area contributed by atoms with Crippen LogP contribution in [0.4, 0.5) is 5.82 Å². The van der Waals surface area contributed by atoms with Crippen molar-refractivity contribution in [3.8, 4) is 0 Å². The molecule has 2 aromatic rings. The van der Waals surface area contributed by atoms with Gasteiger partial charge in [0.1, 0.15) is 11.6 Å². The molecule has 0 radical (unpaired) electrons. The third-order valence-corrected chi connectivity index (χ3v) is 6.86. The lowest BCUT2D eigenvalue weighted by Crippen LogP contribution is -2.38. The summed E-state index contributed by atoms with van der Waals surface area (Å²) in [7, 11) is -1.81. The SMILES string of the molecule is CCS(=O)(=O)N(C)Cc1nc(C)c2c(n1)N(CCc1ccccc1)C(=O)CC2. The van der Waals surface area contributed by atoms with E-state index in [2.05, 4.69) is 9.97 Å². The quantitative estimate of drug-likeness (QED) is 0.708. The van der Waals surface area contributed by atoms with Gasteiger partial charge in [-0.2, -0.15) is 4.31 Å². The summed E-state index contributed by atoms with van der Waals surface area (Å²) >= 11 is 0. The Labute approximate surface area is 166 Å². The summed E-state index contributed by atoms with van der Waals surface area (Å²) in [5.74, 6) is 1.10. The van der Waals surface area contributed by atoms with Crippen molar-refractivity contribution in [3.63, 3.8) is 0 Å². The molecule has 1 aliphatic rings. The van der Waals surface area contributed by atoms with E-state index in [9.17, 15) is 13.2 Å². The standard InChI is InChI=1S/C20H26N4O3S/c1-4-28(26,27)23(3)14-18-21-15(2)17-10-11-19(25)24(20(17)22-18)13-12-16-8-6-5-7-9-16/h5-9H,4,10-14H2,1-3H3. The maximum atomic E-state index is 12.6. The van der Waals surface area contributed by atoms with Crippen molar-refractivity contribution in [1.29, 1.82) is 0 Å².